The molecule has 37 heavy (non-hydrogen) atoms. The van der Waals surface area contributed by atoms with E-state index in [1.165, 1.54) is 50.3 Å². The van der Waals surface area contributed by atoms with E-state index >= 15 is 0 Å². The van der Waals surface area contributed by atoms with Crippen LogP contribution in [0.25, 0.3) is 0 Å². The van der Waals surface area contributed by atoms with Gasteiger partial charge in [0.25, 0.3) is 11.8 Å². The molecule has 2 bridgehead atoms. The number of benzene rings is 1. The van der Waals surface area contributed by atoms with Crippen LogP contribution in [0.1, 0.15) is 69.9 Å². The second kappa shape index (κ2) is 13.2. The summed E-state index contributed by atoms with van der Waals surface area (Å²) >= 11 is 1.37. The van der Waals surface area contributed by atoms with Gasteiger partial charge in [0.1, 0.15) is 11.5 Å². The first-order valence-electron chi connectivity index (χ1n) is 13.5. The molecule has 3 unspecified atom stereocenters. The SMILES string of the molecule is CC(C)COC(=O)NCCOc1noc(C(=O)NC(C)C2CC3CCCC(C3)C2)c1Sc1ccccc1. The number of hydrogen-bond acceptors (Lipinski definition) is 7. The molecule has 2 aromatic rings. The maximum Gasteiger partial charge on any atom is 0.407 e. The molecule has 0 spiro atoms. The zero-order valence-corrected chi connectivity index (χ0v) is 22.9. The largest absolute Gasteiger partial charge is 0.473 e. The van der Waals surface area contributed by atoms with Gasteiger partial charge in [0, 0.05) is 10.9 Å². The molecule has 8 nitrogen and oxygen atoms in total. The summed E-state index contributed by atoms with van der Waals surface area (Å²) in [5, 5.41) is 9.89. The number of aromatic nitrogens is 1. The lowest BCUT2D eigenvalue weighted by Gasteiger charge is -2.41. The maximum absolute atomic E-state index is 13.3. The molecular formula is C28H39N3O5S. The summed E-state index contributed by atoms with van der Waals surface area (Å²) in [6.07, 6.45) is 7.21. The predicted molar refractivity (Wildman–Crippen MR) is 142 cm³/mol. The van der Waals surface area contributed by atoms with Crippen molar-refractivity contribution in [1.29, 1.82) is 0 Å². The zero-order valence-electron chi connectivity index (χ0n) is 22.0. The van der Waals surface area contributed by atoms with Crippen LogP contribution < -0.4 is 15.4 Å². The normalized spacial score (nSPS) is 21.8. The van der Waals surface area contributed by atoms with E-state index in [0.29, 0.717) is 17.4 Å². The molecule has 2 fully saturated rings. The zero-order chi connectivity index (χ0) is 26.2. The Morgan fingerprint density at radius 3 is 2.54 bits per heavy atom. The highest BCUT2D eigenvalue weighted by molar-refractivity contribution is 7.99. The summed E-state index contributed by atoms with van der Waals surface area (Å²) in [5.41, 5.74) is 0. The van der Waals surface area contributed by atoms with Crippen molar-refractivity contribution in [2.45, 2.75) is 75.1 Å². The lowest BCUT2D eigenvalue weighted by molar-refractivity contribution is 0.0818. The highest BCUT2D eigenvalue weighted by atomic mass is 32.2. The first-order valence-corrected chi connectivity index (χ1v) is 14.3. The van der Waals surface area contributed by atoms with E-state index in [2.05, 4.69) is 22.7 Å². The molecule has 3 atom stereocenters. The molecule has 202 valence electrons. The van der Waals surface area contributed by atoms with E-state index in [-0.39, 0.29) is 42.7 Å². The third-order valence-corrected chi connectivity index (χ3v) is 8.25. The molecule has 1 aromatic heterocycles. The fraction of sp³-hybridized carbons (Fsp3) is 0.607. The van der Waals surface area contributed by atoms with Gasteiger partial charge in [-0.15, -0.1) is 0 Å². The smallest absolute Gasteiger partial charge is 0.407 e. The number of nitrogens with zero attached hydrogens (tertiary/aromatic N) is 1. The van der Waals surface area contributed by atoms with Crippen LogP contribution in [0.2, 0.25) is 0 Å². The van der Waals surface area contributed by atoms with Crippen LogP contribution in [0.5, 0.6) is 5.88 Å². The van der Waals surface area contributed by atoms with Crippen LogP contribution in [0, 0.1) is 23.7 Å². The van der Waals surface area contributed by atoms with E-state index in [0.717, 1.165) is 16.7 Å². The van der Waals surface area contributed by atoms with Crippen LogP contribution in [-0.2, 0) is 4.74 Å². The Kier molecular flexibility index (Phi) is 9.77. The average molecular weight is 530 g/mol. The predicted octanol–water partition coefficient (Wildman–Crippen LogP) is 5.92. The van der Waals surface area contributed by atoms with Crippen molar-refractivity contribution in [2.24, 2.45) is 23.7 Å². The van der Waals surface area contributed by atoms with Crippen molar-refractivity contribution in [3.05, 3.63) is 36.1 Å². The second-order valence-corrected chi connectivity index (χ2v) is 11.8. The number of fused-ring (bicyclic) bond motifs is 2. The Bertz CT molecular complexity index is 1020. The number of rotatable bonds is 11. The quantitative estimate of drug-likeness (QED) is 0.348. The van der Waals surface area contributed by atoms with E-state index < -0.39 is 6.09 Å². The molecular weight excluding hydrogens is 490 g/mol. The third kappa shape index (κ3) is 7.90. The first-order chi connectivity index (χ1) is 17.9. The molecule has 2 amide bonds. The van der Waals surface area contributed by atoms with Gasteiger partial charge in [-0.25, -0.2) is 4.79 Å². The van der Waals surface area contributed by atoms with E-state index in [1.54, 1.807) is 0 Å². The molecule has 2 aliphatic carbocycles. The van der Waals surface area contributed by atoms with Gasteiger partial charge in [-0.1, -0.05) is 63.1 Å². The molecule has 0 saturated heterocycles. The van der Waals surface area contributed by atoms with Gasteiger partial charge in [-0.2, -0.15) is 0 Å². The number of carbonyl (C=O) groups excluding carboxylic acids is 2. The molecule has 0 aliphatic heterocycles. The van der Waals surface area contributed by atoms with Crippen molar-refractivity contribution in [1.82, 2.24) is 15.8 Å². The first kappa shape index (κ1) is 27.4. The summed E-state index contributed by atoms with van der Waals surface area (Å²) in [4.78, 5) is 26.6. The van der Waals surface area contributed by atoms with Gasteiger partial charge in [-0.05, 0) is 67.1 Å². The van der Waals surface area contributed by atoms with Crippen LogP contribution in [0.15, 0.2) is 44.6 Å². The number of carbonyl (C=O) groups is 2. The summed E-state index contributed by atoms with van der Waals surface area (Å²) < 4.78 is 16.4. The van der Waals surface area contributed by atoms with Gasteiger partial charge in [0.2, 0.25) is 5.76 Å². The van der Waals surface area contributed by atoms with Gasteiger partial charge in [0.05, 0.1) is 13.2 Å². The Labute approximate surface area is 223 Å². The molecule has 1 heterocycles. The van der Waals surface area contributed by atoms with Gasteiger partial charge in [-0.3, -0.25) is 4.79 Å². The van der Waals surface area contributed by atoms with Crippen LogP contribution in [0.4, 0.5) is 4.79 Å². The van der Waals surface area contributed by atoms with E-state index in [1.807, 2.05) is 44.2 Å². The molecule has 9 heteroatoms. The Morgan fingerprint density at radius 1 is 1.11 bits per heavy atom. The Hall–Kier alpha value is -2.68. The lowest BCUT2D eigenvalue weighted by atomic mass is 9.66. The molecule has 2 N–H and O–H groups in total. The number of alkyl carbamates (subject to hydrolysis) is 1. The fourth-order valence-electron chi connectivity index (χ4n) is 5.38. The van der Waals surface area contributed by atoms with Crippen LogP contribution in [0.3, 0.4) is 0 Å². The summed E-state index contributed by atoms with van der Waals surface area (Å²) in [6, 6.07) is 9.78. The Balaban J connectivity index is 1.38. The lowest BCUT2D eigenvalue weighted by Crippen LogP contribution is -2.42. The molecule has 2 saturated carbocycles. The van der Waals surface area contributed by atoms with Gasteiger partial charge >= 0.3 is 6.09 Å². The minimum Gasteiger partial charge on any atom is -0.473 e. The standard InChI is InChI=1S/C28H39N3O5S/c1-18(2)17-35-28(33)29-12-13-34-27-25(37-23-10-5-4-6-11-23)24(36-31-27)26(32)30-19(3)22-15-20-8-7-9-21(14-20)16-22/h4-6,10-11,18-22H,7-9,12-17H2,1-3H3,(H,29,33)(H,30,32). The van der Waals surface area contributed by atoms with Gasteiger partial charge < -0.3 is 24.6 Å². The second-order valence-electron chi connectivity index (χ2n) is 10.7. The average Bonchev–Trinajstić information content (AvgIpc) is 3.28. The minimum absolute atomic E-state index is 0.0565. The van der Waals surface area contributed by atoms with Crippen molar-refractivity contribution < 1.29 is 23.6 Å². The monoisotopic (exact) mass is 529 g/mol. The number of ether oxygens (including phenoxy) is 2. The van der Waals surface area contributed by atoms with Crippen molar-refractivity contribution in [3.63, 3.8) is 0 Å². The highest BCUT2D eigenvalue weighted by Gasteiger charge is 2.35. The number of nitrogens with one attached hydrogen (secondary N) is 2. The Morgan fingerprint density at radius 2 is 1.84 bits per heavy atom. The molecule has 4 rings (SSSR count). The van der Waals surface area contributed by atoms with Crippen molar-refractivity contribution in [3.8, 4) is 5.88 Å². The fourth-order valence-corrected chi connectivity index (χ4v) is 6.31. The minimum atomic E-state index is -0.489. The molecule has 2 aliphatic rings. The molecule has 0 radical (unpaired) electrons. The number of amides is 2. The summed E-state index contributed by atoms with van der Waals surface area (Å²) in [6.45, 7) is 6.80. The van der Waals surface area contributed by atoms with Crippen molar-refractivity contribution in [2.75, 3.05) is 19.8 Å². The third-order valence-electron chi connectivity index (χ3n) is 7.18. The number of hydrogen-bond donors (Lipinski definition) is 2. The van der Waals surface area contributed by atoms with Crippen molar-refractivity contribution >= 4 is 23.8 Å². The van der Waals surface area contributed by atoms with E-state index in [9.17, 15) is 9.59 Å². The topological polar surface area (TPSA) is 103 Å². The highest BCUT2D eigenvalue weighted by Crippen LogP contribution is 2.44. The summed E-state index contributed by atoms with van der Waals surface area (Å²) in [5.74, 6) is 2.44. The summed E-state index contributed by atoms with van der Waals surface area (Å²) in [7, 11) is 0. The maximum atomic E-state index is 13.3. The molecule has 1 aromatic carbocycles. The van der Waals surface area contributed by atoms with Crippen LogP contribution >= 0.6 is 11.8 Å². The van der Waals surface area contributed by atoms with Gasteiger partial charge in [0.15, 0.2) is 0 Å². The van der Waals surface area contributed by atoms with E-state index in [4.69, 9.17) is 14.0 Å². The van der Waals surface area contributed by atoms with Crippen LogP contribution in [-0.4, -0.2) is 43.0 Å².